The standard InChI is InChI=1S/C18H29O/c1-2-3-4-5-6-7-8-9-10-11-12-13-14-15-16-17-18-19/h12-13H,2-8,11,14-17H2,1H3/b13-12+. The van der Waals surface area contributed by atoms with Gasteiger partial charge in [-0.25, -0.2) is 0 Å². The second kappa shape index (κ2) is 17.0. The average Bonchev–Trinajstić information content (AvgIpc) is 2.43. The van der Waals surface area contributed by atoms with Gasteiger partial charge in [-0.2, -0.15) is 0 Å². The van der Waals surface area contributed by atoms with Crippen LogP contribution in [-0.2, 0) is 4.79 Å². The van der Waals surface area contributed by atoms with Gasteiger partial charge in [0, 0.05) is 19.3 Å². The molecule has 1 heteroatoms. The van der Waals surface area contributed by atoms with Crippen LogP contribution in [0.25, 0.3) is 0 Å². The zero-order valence-electron chi connectivity index (χ0n) is 12.5. The molecular weight excluding hydrogens is 232 g/mol. The predicted octanol–water partition coefficient (Wildman–Crippen LogP) is 5.36. The Kier molecular flexibility index (Phi) is 16.1. The SMILES string of the molecule is CCCCCCCCC#CC/C=C/CCCC[C]=O. The van der Waals surface area contributed by atoms with Crippen LogP contribution in [-0.4, -0.2) is 6.29 Å². The van der Waals surface area contributed by atoms with Crippen LogP contribution < -0.4 is 0 Å². The monoisotopic (exact) mass is 261 g/mol. The van der Waals surface area contributed by atoms with E-state index in [0.717, 1.165) is 32.1 Å². The van der Waals surface area contributed by atoms with Crippen LogP contribution >= 0.6 is 0 Å². The first-order valence-electron chi connectivity index (χ1n) is 7.87. The lowest BCUT2D eigenvalue weighted by Crippen LogP contribution is -1.77. The summed E-state index contributed by atoms with van der Waals surface area (Å²) < 4.78 is 0. The van der Waals surface area contributed by atoms with E-state index in [1.807, 2.05) is 6.29 Å². The summed E-state index contributed by atoms with van der Waals surface area (Å²) in [6.07, 6.45) is 19.8. The van der Waals surface area contributed by atoms with Crippen LogP contribution in [0.3, 0.4) is 0 Å². The molecule has 19 heavy (non-hydrogen) atoms. The van der Waals surface area contributed by atoms with Gasteiger partial charge < -0.3 is 0 Å². The summed E-state index contributed by atoms with van der Waals surface area (Å²) in [7, 11) is 0. The molecule has 0 heterocycles. The molecule has 0 aromatic rings. The molecule has 1 nitrogen and oxygen atoms in total. The van der Waals surface area contributed by atoms with E-state index in [9.17, 15) is 4.79 Å². The third kappa shape index (κ3) is 17.0. The van der Waals surface area contributed by atoms with E-state index in [4.69, 9.17) is 0 Å². The molecular formula is C18H29O. The van der Waals surface area contributed by atoms with Crippen LogP contribution in [0.15, 0.2) is 12.2 Å². The Bertz CT molecular complexity index is 267. The minimum Gasteiger partial charge on any atom is -0.291 e. The van der Waals surface area contributed by atoms with Crippen molar-refractivity contribution in [1.82, 2.24) is 0 Å². The highest BCUT2D eigenvalue weighted by atomic mass is 16.1. The van der Waals surface area contributed by atoms with Crippen molar-refractivity contribution in [3.8, 4) is 11.8 Å². The largest absolute Gasteiger partial charge is 0.291 e. The fourth-order valence-electron chi connectivity index (χ4n) is 1.87. The molecule has 0 bridgehead atoms. The van der Waals surface area contributed by atoms with Gasteiger partial charge in [0.15, 0.2) is 6.29 Å². The molecule has 1 radical (unpaired) electrons. The maximum absolute atomic E-state index is 9.98. The van der Waals surface area contributed by atoms with Crippen molar-refractivity contribution < 1.29 is 4.79 Å². The van der Waals surface area contributed by atoms with E-state index < -0.39 is 0 Å². The predicted molar refractivity (Wildman–Crippen MR) is 83.7 cm³/mol. The van der Waals surface area contributed by atoms with E-state index in [1.54, 1.807) is 0 Å². The maximum atomic E-state index is 9.98. The fraction of sp³-hybridized carbons (Fsp3) is 0.722. The fourth-order valence-corrected chi connectivity index (χ4v) is 1.87. The Labute approximate surface area is 119 Å². The van der Waals surface area contributed by atoms with Crippen LogP contribution in [0.4, 0.5) is 0 Å². The topological polar surface area (TPSA) is 17.1 Å². The zero-order chi connectivity index (χ0) is 14.0. The molecule has 0 aliphatic rings. The normalized spacial score (nSPS) is 10.4. The molecule has 107 valence electrons. The van der Waals surface area contributed by atoms with Gasteiger partial charge in [-0.1, -0.05) is 57.1 Å². The zero-order valence-corrected chi connectivity index (χ0v) is 12.5. The third-order valence-corrected chi connectivity index (χ3v) is 3.07. The summed E-state index contributed by atoms with van der Waals surface area (Å²) in [5, 5.41) is 0. The molecule has 0 atom stereocenters. The van der Waals surface area contributed by atoms with Crippen LogP contribution in [0.2, 0.25) is 0 Å². The molecule has 0 saturated carbocycles. The number of rotatable bonds is 12. The summed E-state index contributed by atoms with van der Waals surface area (Å²) in [6.45, 7) is 2.25. The third-order valence-electron chi connectivity index (χ3n) is 3.07. The molecule has 0 unspecified atom stereocenters. The van der Waals surface area contributed by atoms with Crippen LogP contribution in [0.5, 0.6) is 0 Å². The Morgan fingerprint density at radius 3 is 2.32 bits per heavy atom. The Hall–Kier alpha value is -1.03. The summed E-state index contributed by atoms with van der Waals surface area (Å²) in [4.78, 5) is 9.98. The lowest BCUT2D eigenvalue weighted by Gasteiger charge is -1.96. The van der Waals surface area contributed by atoms with Gasteiger partial charge in [0.2, 0.25) is 0 Å². The van der Waals surface area contributed by atoms with Gasteiger partial charge in [0.05, 0.1) is 0 Å². The highest BCUT2D eigenvalue weighted by Crippen LogP contribution is 2.06. The number of hydrogen-bond donors (Lipinski definition) is 0. The molecule has 0 aromatic heterocycles. The van der Waals surface area contributed by atoms with Crippen LogP contribution in [0, 0.1) is 11.8 Å². The first-order chi connectivity index (χ1) is 9.41. The quantitative estimate of drug-likeness (QED) is 0.263. The lowest BCUT2D eigenvalue weighted by atomic mass is 10.1. The molecule has 0 spiro atoms. The van der Waals surface area contributed by atoms with Gasteiger partial charge in [0.25, 0.3) is 0 Å². The van der Waals surface area contributed by atoms with Gasteiger partial charge in [-0.05, 0) is 25.7 Å². The van der Waals surface area contributed by atoms with Crippen molar-refractivity contribution in [2.75, 3.05) is 0 Å². The van der Waals surface area contributed by atoms with Gasteiger partial charge in [-0.3, -0.25) is 4.79 Å². The van der Waals surface area contributed by atoms with E-state index in [-0.39, 0.29) is 0 Å². The number of unbranched alkanes of at least 4 members (excludes halogenated alkanes) is 9. The van der Waals surface area contributed by atoms with Crippen molar-refractivity contribution in [2.24, 2.45) is 0 Å². The second-order valence-electron chi connectivity index (χ2n) is 4.94. The molecule has 0 saturated heterocycles. The maximum Gasteiger partial charge on any atom is 0.198 e. The van der Waals surface area contributed by atoms with Gasteiger partial charge >= 0.3 is 0 Å². The molecule has 0 aliphatic heterocycles. The Balaban J connectivity index is 3.21. The smallest absolute Gasteiger partial charge is 0.198 e. The molecule has 0 rings (SSSR count). The number of carbonyl (C=O) groups excluding carboxylic acids is 1. The Morgan fingerprint density at radius 1 is 0.789 bits per heavy atom. The van der Waals surface area contributed by atoms with Crippen molar-refractivity contribution in [2.45, 2.75) is 84.0 Å². The molecule has 0 N–H and O–H groups in total. The molecule has 0 aliphatic carbocycles. The van der Waals surface area contributed by atoms with Crippen LogP contribution in [0.1, 0.15) is 84.0 Å². The van der Waals surface area contributed by atoms with Gasteiger partial charge in [-0.15, -0.1) is 5.92 Å². The van der Waals surface area contributed by atoms with Crippen molar-refractivity contribution in [1.29, 1.82) is 0 Å². The Morgan fingerprint density at radius 2 is 1.53 bits per heavy atom. The summed E-state index contributed by atoms with van der Waals surface area (Å²) in [6, 6.07) is 0. The molecule has 0 aromatic carbocycles. The van der Waals surface area contributed by atoms with E-state index in [0.29, 0.717) is 6.42 Å². The van der Waals surface area contributed by atoms with Gasteiger partial charge in [0.1, 0.15) is 0 Å². The second-order valence-corrected chi connectivity index (χ2v) is 4.94. The van der Waals surface area contributed by atoms with E-state index in [1.165, 1.54) is 38.5 Å². The highest BCUT2D eigenvalue weighted by molar-refractivity contribution is 5.50. The number of hydrogen-bond acceptors (Lipinski definition) is 1. The van der Waals surface area contributed by atoms with E-state index >= 15 is 0 Å². The molecule has 0 fully saturated rings. The highest BCUT2D eigenvalue weighted by Gasteiger charge is 1.87. The summed E-state index contributed by atoms with van der Waals surface area (Å²) >= 11 is 0. The molecule has 0 amide bonds. The first-order valence-corrected chi connectivity index (χ1v) is 7.87. The average molecular weight is 261 g/mol. The number of allylic oxidation sites excluding steroid dienone is 2. The first kappa shape index (κ1) is 18.0. The van der Waals surface area contributed by atoms with Crippen molar-refractivity contribution in [3.05, 3.63) is 12.2 Å². The summed E-state index contributed by atoms with van der Waals surface area (Å²) in [5.74, 6) is 6.43. The minimum atomic E-state index is 0.575. The van der Waals surface area contributed by atoms with Crippen molar-refractivity contribution >= 4 is 6.29 Å². The minimum absolute atomic E-state index is 0.575. The lowest BCUT2D eigenvalue weighted by molar-refractivity contribution is 0.547. The van der Waals surface area contributed by atoms with E-state index in [2.05, 4.69) is 30.9 Å². The summed E-state index contributed by atoms with van der Waals surface area (Å²) in [5.41, 5.74) is 0. The van der Waals surface area contributed by atoms with Crippen molar-refractivity contribution in [3.63, 3.8) is 0 Å².